The third kappa shape index (κ3) is 1.71. The monoisotopic (exact) mass is 185 g/mol. The van der Waals surface area contributed by atoms with Crippen LogP contribution >= 0.6 is 0 Å². The molecule has 0 N–H and O–H groups in total. The fourth-order valence-corrected chi connectivity index (χ4v) is 1.12. The summed E-state index contributed by atoms with van der Waals surface area (Å²) in [5.74, 6) is 0.711. The number of aromatic nitrogens is 2. The van der Waals surface area contributed by atoms with Crippen molar-refractivity contribution in [2.45, 2.75) is 0 Å². The first-order valence-corrected chi connectivity index (χ1v) is 4.22. The van der Waals surface area contributed by atoms with Crippen LogP contribution in [0.4, 0.5) is 0 Å². The van der Waals surface area contributed by atoms with Gasteiger partial charge in [-0.3, -0.25) is 9.97 Å². The Balaban J connectivity index is 2.34. The Bertz CT molecular complexity index is 397. The molecule has 2 aromatic heterocycles. The molecule has 0 aliphatic rings. The first kappa shape index (κ1) is 8.69. The predicted octanol–water partition coefficient (Wildman–Crippen LogP) is 1.95. The molecule has 0 saturated heterocycles. The fourth-order valence-electron chi connectivity index (χ4n) is 1.12. The molecule has 0 atom stereocenters. The number of hydrogen-bond acceptors (Lipinski definition) is 3. The van der Waals surface area contributed by atoms with Crippen LogP contribution in [0, 0.1) is 6.07 Å². The van der Waals surface area contributed by atoms with Crippen LogP contribution in [0.5, 0.6) is 5.75 Å². The largest absolute Gasteiger partial charge is 0.495 e. The maximum atomic E-state index is 5.00. The van der Waals surface area contributed by atoms with Gasteiger partial charge in [-0.15, -0.1) is 0 Å². The van der Waals surface area contributed by atoms with Gasteiger partial charge in [0, 0.05) is 24.0 Å². The second-order valence-electron chi connectivity index (χ2n) is 2.74. The van der Waals surface area contributed by atoms with Crippen molar-refractivity contribution >= 4 is 0 Å². The van der Waals surface area contributed by atoms with Crippen molar-refractivity contribution in [2.24, 2.45) is 0 Å². The summed E-state index contributed by atoms with van der Waals surface area (Å²) >= 11 is 0. The van der Waals surface area contributed by atoms with E-state index in [1.165, 1.54) is 0 Å². The summed E-state index contributed by atoms with van der Waals surface area (Å²) in [6.07, 6.45) is 5.14. The zero-order valence-corrected chi connectivity index (χ0v) is 7.77. The van der Waals surface area contributed by atoms with Crippen LogP contribution in [-0.2, 0) is 0 Å². The Hall–Kier alpha value is -1.90. The van der Waals surface area contributed by atoms with Crippen LogP contribution in [0.15, 0.2) is 36.8 Å². The Morgan fingerprint density at radius 1 is 1.29 bits per heavy atom. The van der Waals surface area contributed by atoms with Crippen LogP contribution in [0.25, 0.3) is 11.3 Å². The van der Waals surface area contributed by atoms with Gasteiger partial charge >= 0.3 is 0 Å². The highest BCUT2D eigenvalue weighted by atomic mass is 16.5. The number of nitrogens with zero attached hydrogens (tertiary/aromatic N) is 2. The third-order valence-corrected chi connectivity index (χ3v) is 1.86. The molecule has 1 radical (unpaired) electrons. The average Bonchev–Trinajstić information content (AvgIpc) is 2.30. The van der Waals surface area contributed by atoms with E-state index in [2.05, 4.69) is 16.0 Å². The molecular weight excluding hydrogens is 176 g/mol. The third-order valence-electron chi connectivity index (χ3n) is 1.86. The highest BCUT2D eigenvalue weighted by molar-refractivity contribution is 5.57. The Morgan fingerprint density at radius 2 is 2.07 bits per heavy atom. The van der Waals surface area contributed by atoms with E-state index in [9.17, 15) is 0 Å². The molecule has 0 amide bonds. The van der Waals surface area contributed by atoms with Gasteiger partial charge in [0.05, 0.1) is 19.0 Å². The van der Waals surface area contributed by atoms with Gasteiger partial charge in [-0.25, -0.2) is 0 Å². The van der Waals surface area contributed by atoms with E-state index >= 15 is 0 Å². The smallest absolute Gasteiger partial charge is 0.137 e. The van der Waals surface area contributed by atoms with Crippen LogP contribution < -0.4 is 4.74 Å². The highest BCUT2D eigenvalue weighted by Crippen LogP contribution is 2.17. The maximum Gasteiger partial charge on any atom is 0.137 e. The number of methoxy groups -OCH3 is 1. The molecular formula is C11H9N2O. The summed E-state index contributed by atoms with van der Waals surface area (Å²) in [6, 6.07) is 8.60. The van der Waals surface area contributed by atoms with E-state index in [0.717, 1.165) is 11.3 Å². The molecule has 2 rings (SSSR count). The molecule has 2 aromatic rings. The molecule has 0 aliphatic heterocycles. The summed E-state index contributed by atoms with van der Waals surface area (Å²) < 4.78 is 5.00. The molecule has 0 aliphatic carbocycles. The summed E-state index contributed by atoms with van der Waals surface area (Å²) in [4.78, 5) is 8.15. The van der Waals surface area contributed by atoms with E-state index < -0.39 is 0 Å². The van der Waals surface area contributed by atoms with Crippen LogP contribution in [0.1, 0.15) is 0 Å². The Morgan fingerprint density at radius 3 is 2.64 bits per heavy atom. The summed E-state index contributed by atoms with van der Waals surface area (Å²) in [5.41, 5.74) is 1.80. The van der Waals surface area contributed by atoms with Crippen molar-refractivity contribution in [3.63, 3.8) is 0 Å². The van der Waals surface area contributed by atoms with E-state index in [1.54, 1.807) is 31.8 Å². The SMILES string of the molecule is COc1c[c]c(-c2ccncc2)nc1. The minimum absolute atomic E-state index is 0.711. The quantitative estimate of drug-likeness (QED) is 0.717. The fraction of sp³-hybridized carbons (Fsp3) is 0.0909. The van der Waals surface area contributed by atoms with Crippen LogP contribution in [0.3, 0.4) is 0 Å². The van der Waals surface area contributed by atoms with Crippen molar-refractivity contribution in [1.82, 2.24) is 9.97 Å². The lowest BCUT2D eigenvalue weighted by atomic mass is 10.2. The zero-order chi connectivity index (χ0) is 9.80. The van der Waals surface area contributed by atoms with E-state index in [-0.39, 0.29) is 0 Å². The lowest BCUT2D eigenvalue weighted by Crippen LogP contribution is -1.87. The number of hydrogen-bond donors (Lipinski definition) is 0. The van der Waals surface area contributed by atoms with Gasteiger partial charge in [0.25, 0.3) is 0 Å². The first-order chi connectivity index (χ1) is 6.90. The number of pyridine rings is 2. The lowest BCUT2D eigenvalue weighted by molar-refractivity contribution is 0.413. The van der Waals surface area contributed by atoms with Crippen molar-refractivity contribution in [3.05, 3.63) is 42.9 Å². The van der Waals surface area contributed by atoms with Crippen LogP contribution in [0.2, 0.25) is 0 Å². The van der Waals surface area contributed by atoms with Gasteiger partial charge in [-0.2, -0.15) is 0 Å². The van der Waals surface area contributed by atoms with Crippen molar-refractivity contribution in [1.29, 1.82) is 0 Å². The number of rotatable bonds is 2. The Kier molecular flexibility index (Phi) is 2.40. The molecule has 3 heteroatoms. The van der Waals surface area contributed by atoms with E-state index in [0.29, 0.717) is 5.75 Å². The molecule has 69 valence electrons. The molecule has 0 saturated carbocycles. The van der Waals surface area contributed by atoms with Gasteiger partial charge in [0.15, 0.2) is 0 Å². The molecule has 3 nitrogen and oxygen atoms in total. The first-order valence-electron chi connectivity index (χ1n) is 4.22. The minimum atomic E-state index is 0.711. The minimum Gasteiger partial charge on any atom is -0.495 e. The average molecular weight is 185 g/mol. The lowest BCUT2D eigenvalue weighted by Gasteiger charge is -2.01. The molecule has 0 spiro atoms. The van der Waals surface area contributed by atoms with Gasteiger partial charge in [0.1, 0.15) is 5.75 Å². The topological polar surface area (TPSA) is 35.0 Å². The standard InChI is InChI=1S/C11H9N2O/c1-14-10-2-3-11(13-8-10)9-4-6-12-7-5-9/h2,4-8H,1H3. The van der Waals surface area contributed by atoms with E-state index in [1.807, 2.05) is 12.1 Å². The molecule has 0 unspecified atom stereocenters. The molecule has 0 bridgehead atoms. The predicted molar refractivity (Wildman–Crippen MR) is 52.9 cm³/mol. The Labute approximate surface area is 82.4 Å². The maximum absolute atomic E-state index is 5.00. The number of ether oxygens (including phenoxy) is 1. The van der Waals surface area contributed by atoms with Crippen molar-refractivity contribution < 1.29 is 4.74 Å². The summed E-state index contributed by atoms with van der Waals surface area (Å²) in [7, 11) is 1.61. The second kappa shape index (κ2) is 3.87. The second-order valence-corrected chi connectivity index (χ2v) is 2.74. The normalized spacial score (nSPS) is 9.79. The van der Waals surface area contributed by atoms with Gasteiger partial charge in [-0.05, 0) is 18.2 Å². The van der Waals surface area contributed by atoms with Gasteiger partial charge < -0.3 is 4.74 Å². The molecule has 0 aromatic carbocycles. The summed E-state index contributed by atoms with van der Waals surface area (Å²) in [5, 5.41) is 0. The zero-order valence-electron chi connectivity index (χ0n) is 7.77. The van der Waals surface area contributed by atoms with Gasteiger partial charge in [-0.1, -0.05) is 0 Å². The van der Waals surface area contributed by atoms with Crippen LogP contribution in [-0.4, -0.2) is 17.1 Å². The van der Waals surface area contributed by atoms with E-state index in [4.69, 9.17) is 4.74 Å². The molecule has 2 heterocycles. The molecule has 0 fully saturated rings. The van der Waals surface area contributed by atoms with Gasteiger partial charge in [0.2, 0.25) is 0 Å². The summed E-state index contributed by atoms with van der Waals surface area (Å²) in [6.45, 7) is 0. The molecule has 14 heavy (non-hydrogen) atoms. The van der Waals surface area contributed by atoms with Crippen molar-refractivity contribution in [2.75, 3.05) is 7.11 Å². The van der Waals surface area contributed by atoms with Crippen molar-refractivity contribution in [3.8, 4) is 17.0 Å². The highest BCUT2D eigenvalue weighted by Gasteiger charge is 1.98.